The molecule has 140 valence electrons. The van der Waals surface area contributed by atoms with Gasteiger partial charge < -0.3 is 9.53 Å². The second-order valence-electron chi connectivity index (χ2n) is 10.4. The molecule has 5 unspecified atom stereocenters. The molecule has 3 aliphatic carbocycles. The van der Waals surface area contributed by atoms with Crippen molar-refractivity contribution in [2.45, 2.75) is 85.0 Å². The fourth-order valence-corrected chi connectivity index (χ4v) is 5.39. The Balaban J connectivity index is 2.14. The maximum Gasteiger partial charge on any atom is 0.191 e. The molecule has 0 spiro atoms. The number of carbonyl (C=O) groups is 1. The highest BCUT2D eigenvalue weighted by atomic mass is 28.4. The van der Waals surface area contributed by atoms with E-state index in [0.29, 0.717) is 30.1 Å². The van der Waals surface area contributed by atoms with E-state index in [1.165, 1.54) is 0 Å². The Labute approximate surface area is 149 Å². The van der Waals surface area contributed by atoms with Crippen LogP contribution in [0.3, 0.4) is 0 Å². The molecule has 24 heavy (non-hydrogen) atoms. The third-order valence-electron chi connectivity index (χ3n) is 7.46. The zero-order chi connectivity index (χ0) is 18.5. The van der Waals surface area contributed by atoms with E-state index in [-0.39, 0.29) is 10.8 Å². The molecule has 3 nitrogen and oxygen atoms in total. The van der Waals surface area contributed by atoms with E-state index in [4.69, 9.17) is 4.43 Å². The van der Waals surface area contributed by atoms with E-state index in [1.807, 2.05) is 6.92 Å². The van der Waals surface area contributed by atoms with Crippen molar-refractivity contribution in [1.82, 2.24) is 0 Å². The Morgan fingerprint density at radius 2 is 1.92 bits per heavy atom. The molecule has 0 saturated heterocycles. The van der Waals surface area contributed by atoms with Crippen LogP contribution in [0.15, 0.2) is 0 Å². The highest BCUT2D eigenvalue weighted by Gasteiger charge is 2.56. The average molecular weight is 355 g/mol. The van der Waals surface area contributed by atoms with E-state index < -0.39 is 19.8 Å². The molecule has 1 N–H and O–H groups in total. The van der Waals surface area contributed by atoms with Crippen molar-refractivity contribution in [2.75, 3.05) is 6.61 Å². The maximum atomic E-state index is 12.4. The first-order chi connectivity index (χ1) is 10.8. The van der Waals surface area contributed by atoms with Crippen LogP contribution in [-0.4, -0.2) is 31.9 Å². The normalized spacial score (nSPS) is 35.6. The van der Waals surface area contributed by atoms with Crippen LogP contribution in [-0.2, 0) is 9.22 Å². The van der Waals surface area contributed by atoms with Gasteiger partial charge in [0.1, 0.15) is 5.78 Å². The van der Waals surface area contributed by atoms with Gasteiger partial charge in [-0.2, -0.15) is 0 Å². The van der Waals surface area contributed by atoms with Gasteiger partial charge in [0, 0.05) is 13.0 Å². The summed E-state index contributed by atoms with van der Waals surface area (Å²) < 4.78 is 6.56. The second kappa shape index (κ2) is 6.51. The van der Waals surface area contributed by atoms with E-state index in [9.17, 15) is 9.90 Å². The lowest BCUT2D eigenvalue weighted by Crippen LogP contribution is -2.56. The summed E-state index contributed by atoms with van der Waals surface area (Å²) in [5.41, 5.74) is -0.524. The first-order valence-electron chi connectivity index (χ1n) is 9.65. The lowest BCUT2D eigenvalue weighted by molar-refractivity contribution is -0.160. The molecule has 0 aliphatic heterocycles. The minimum atomic E-state index is -1.76. The molecule has 0 aromatic rings. The number of ketones is 1. The minimum Gasteiger partial charge on any atom is -0.417 e. The molecule has 0 heterocycles. The van der Waals surface area contributed by atoms with Crippen LogP contribution in [0, 0.1) is 29.1 Å². The number of aliphatic hydroxyl groups excluding tert-OH is 1. The number of fused-ring (bicyclic) bond motifs is 3. The number of hydrogen-bond donors (Lipinski definition) is 1. The molecule has 0 radical (unpaired) electrons. The molecule has 3 saturated carbocycles. The summed E-state index contributed by atoms with van der Waals surface area (Å²) >= 11 is 0. The van der Waals surface area contributed by atoms with Crippen molar-refractivity contribution >= 4 is 14.1 Å². The predicted molar refractivity (Wildman–Crippen MR) is 101 cm³/mol. The van der Waals surface area contributed by atoms with Crippen molar-refractivity contribution in [2.24, 2.45) is 29.1 Å². The summed E-state index contributed by atoms with van der Waals surface area (Å²) in [6.45, 7) is 18.8. The Morgan fingerprint density at radius 3 is 2.38 bits per heavy atom. The quantitative estimate of drug-likeness (QED) is 0.731. The van der Waals surface area contributed by atoms with Gasteiger partial charge in [-0.05, 0) is 54.6 Å². The molecule has 2 bridgehead atoms. The largest absolute Gasteiger partial charge is 0.417 e. The van der Waals surface area contributed by atoms with Gasteiger partial charge in [-0.3, -0.25) is 4.79 Å². The predicted octanol–water partition coefficient (Wildman–Crippen LogP) is 4.65. The monoisotopic (exact) mass is 354 g/mol. The average Bonchev–Trinajstić information content (AvgIpc) is 2.40. The minimum absolute atomic E-state index is 0.220. The third kappa shape index (κ3) is 3.52. The SMILES string of the molecule is CC(C)C(CO[Si](C)(C)C(C)(C)C)C1CC2(C)C(=O)CC1CC2O. The number of aliphatic hydroxyl groups is 1. The lowest BCUT2D eigenvalue weighted by Gasteiger charge is -2.54. The Hall–Kier alpha value is -0.193. The molecule has 3 aliphatic rings. The second-order valence-corrected chi connectivity index (χ2v) is 15.2. The first-order valence-corrected chi connectivity index (χ1v) is 12.6. The van der Waals surface area contributed by atoms with Crippen LogP contribution < -0.4 is 0 Å². The fraction of sp³-hybridized carbons (Fsp3) is 0.950. The van der Waals surface area contributed by atoms with Crippen LogP contribution in [0.1, 0.15) is 60.8 Å². The van der Waals surface area contributed by atoms with Crippen LogP contribution in [0.4, 0.5) is 0 Å². The molecular formula is C20H38O3Si. The van der Waals surface area contributed by atoms with Crippen molar-refractivity contribution in [3.63, 3.8) is 0 Å². The van der Waals surface area contributed by atoms with Crippen LogP contribution in [0.5, 0.6) is 0 Å². The van der Waals surface area contributed by atoms with Crippen molar-refractivity contribution in [3.05, 3.63) is 0 Å². The van der Waals surface area contributed by atoms with Crippen LogP contribution >= 0.6 is 0 Å². The summed E-state index contributed by atoms with van der Waals surface area (Å²) in [7, 11) is -1.76. The topological polar surface area (TPSA) is 46.5 Å². The van der Waals surface area contributed by atoms with Crippen LogP contribution in [0.25, 0.3) is 0 Å². The molecule has 0 aromatic carbocycles. The van der Waals surface area contributed by atoms with E-state index in [2.05, 4.69) is 47.7 Å². The lowest BCUT2D eigenvalue weighted by atomic mass is 9.52. The number of rotatable bonds is 5. The van der Waals surface area contributed by atoms with Gasteiger partial charge >= 0.3 is 0 Å². The Bertz CT molecular complexity index is 480. The van der Waals surface area contributed by atoms with Gasteiger partial charge in [0.15, 0.2) is 8.32 Å². The van der Waals surface area contributed by atoms with Crippen molar-refractivity contribution in [3.8, 4) is 0 Å². The van der Waals surface area contributed by atoms with E-state index in [1.54, 1.807) is 0 Å². The summed E-state index contributed by atoms with van der Waals surface area (Å²) in [5, 5.41) is 10.6. The van der Waals surface area contributed by atoms with Crippen molar-refractivity contribution < 1.29 is 14.3 Å². The van der Waals surface area contributed by atoms with Gasteiger partial charge in [0.25, 0.3) is 0 Å². The summed E-state index contributed by atoms with van der Waals surface area (Å²) in [6.07, 6.45) is 1.83. The molecule has 0 amide bonds. The maximum absolute atomic E-state index is 12.4. The van der Waals surface area contributed by atoms with Crippen molar-refractivity contribution in [1.29, 1.82) is 0 Å². The molecule has 0 aromatic heterocycles. The fourth-order valence-electron chi connectivity index (χ4n) is 4.35. The highest BCUT2D eigenvalue weighted by Crippen LogP contribution is 2.54. The zero-order valence-electron chi connectivity index (χ0n) is 17.0. The summed E-state index contributed by atoms with van der Waals surface area (Å²) in [5.74, 6) is 2.12. The van der Waals surface area contributed by atoms with Gasteiger partial charge in [0.2, 0.25) is 0 Å². The molecule has 5 atom stereocenters. The Morgan fingerprint density at radius 1 is 1.33 bits per heavy atom. The third-order valence-corrected chi connectivity index (χ3v) is 12.0. The number of Topliss-reactive ketones (excluding diaryl/α,β-unsaturated/α-hetero) is 1. The molecular weight excluding hydrogens is 316 g/mol. The zero-order valence-corrected chi connectivity index (χ0v) is 18.0. The number of hydrogen-bond acceptors (Lipinski definition) is 3. The highest BCUT2D eigenvalue weighted by molar-refractivity contribution is 6.74. The number of carbonyl (C=O) groups excluding carboxylic acids is 1. The molecule has 4 heteroatoms. The van der Waals surface area contributed by atoms with Gasteiger partial charge in [-0.15, -0.1) is 0 Å². The Kier molecular flexibility index (Phi) is 5.46. The van der Waals surface area contributed by atoms with E-state index in [0.717, 1.165) is 19.4 Å². The summed E-state index contributed by atoms with van der Waals surface area (Å²) in [6, 6.07) is 0. The van der Waals surface area contributed by atoms with E-state index >= 15 is 0 Å². The van der Waals surface area contributed by atoms with Gasteiger partial charge in [0.05, 0.1) is 11.5 Å². The standard InChI is InChI=1S/C20H38O3Si/c1-13(2)16(12-23-24(7,8)19(3,4)5)15-11-20(6)17(21)9-14(15)10-18(20)22/h13-17,21H,9-12H2,1-8H3. The smallest absolute Gasteiger partial charge is 0.191 e. The molecule has 3 rings (SSSR count). The van der Waals surface area contributed by atoms with Gasteiger partial charge in [-0.1, -0.05) is 41.5 Å². The first kappa shape index (κ1) is 20.1. The van der Waals surface area contributed by atoms with Crippen LogP contribution in [0.2, 0.25) is 18.1 Å². The molecule has 3 fully saturated rings. The summed E-state index contributed by atoms with van der Waals surface area (Å²) in [4.78, 5) is 12.4. The van der Waals surface area contributed by atoms with Gasteiger partial charge in [-0.25, -0.2) is 0 Å².